The molecule has 0 bridgehead atoms. The fourth-order valence-electron chi connectivity index (χ4n) is 4.23. The van der Waals surface area contributed by atoms with E-state index in [-0.39, 0.29) is 12.2 Å². The van der Waals surface area contributed by atoms with Gasteiger partial charge in [0.25, 0.3) is 0 Å². The molecule has 26 heavy (non-hydrogen) atoms. The molecule has 0 saturated heterocycles. The number of hydrogen-bond acceptors (Lipinski definition) is 2. The third kappa shape index (κ3) is 2.86. The fourth-order valence-corrected chi connectivity index (χ4v) is 4.23. The number of benzene rings is 3. The van der Waals surface area contributed by atoms with Crippen LogP contribution in [0.5, 0.6) is 11.5 Å². The lowest BCUT2D eigenvalue weighted by atomic mass is 10.1. The smallest absolute Gasteiger partial charge is 0.124 e. The predicted molar refractivity (Wildman–Crippen MR) is 103 cm³/mol. The zero-order valence-electron chi connectivity index (χ0n) is 14.7. The van der Waals surface area contributed by atoms with Crippen LogP contribution < -0.4 is 9.47 Å². The van der Waals surface area contributed by atoms with Crippen LogP contribution in [-0.4, -0.2) is 0 Å². The van der Waals surface area contributed by atoms with Crippen LogP contribution in [0, 0.1) is 0 Å². The van der Waals surface area contributed by atoms with Gasteiger partial charge in [-0.05, 0) is 60.1 Å². The Bertz CT molecular complexity index is 858. The Morgan fingerprint density at radius 2 is 1.08 bits per heavy atom. The van der Waals surface area contributed by atoms with Gasteiger partial charge >= 0.3 is 0 Å². The second kappa shape index (κ2) is 6.53. The minimum Gasteiger partial charge on any atom is -0.486 e. The van der Waals surface area contributed by atoms with Gasteiger partial charge in [-0.2, -0.15) is 0 Å². The summed E-state index contributed by atoms with van der Waals surface area (Å²) in [6, 6.07) is 25.3. The fraction of sp³-hybridized carbons (Fsp3) is 0.250. The molecule has 0 radical (unpaired) electrons. The molecule has 0 fully saturated rings. The van der Waals surface area contributed by atoms with E-state index in [0.717, 1.165) is 37.2 Å². The van der Waals surface area contributed by atoms with E-state index in [1.807, 2.05) is 24.3 Å². The molecule has 2 aliphatic carbocycles. The van der Waals surface area contributed by atoms with Crippen LogP contribution in [0.1, 0.15) is 47.3 Å². The minimum atomic E-state index is 0.147. The largest absolute Gasteiger partial charge is 0.486 e. The highest BCUT2D eigenvalue weighted by atomic mass is 16.5. The quantitative estimate of drug-likeness (QED) is 0.595. The third-order valence-electron chi connectivity index (χ3n) is 5.52. The van der Waals surface area contributed by atoms with Crippen molar-refractivity contribution in [2.45, 2.75) is 37.9 Å². The normalized spacial score (nSPS) is 20.5. The van der Waals surface area contributed by atoms with Crippen LogP contribution in [0.3, 0.4) is 0 Å². The van der Waals surface area contributed by atoms with Gasteiger partial charge in [0.1, 0.15) is 23.7 Å². The Kier molecular flexibility index (Phi) is 3.89. The molecule has 0 N–H and O–H groups in total. The number of aryl methyl sites for hydroxylation is 2. The summed E-state index contributed by atoms with van der Waals surface area (Å²) < 4.78 is 12.6. The zero-order chi connectivity index (χ0) is 17.3. The highest BCUT2D eigenvalue weighted by Gasteiger charge is 2.25. The summed E-state index contributed by atoms with van der Waals surface area (Å²) in [5.41, 5.74) is 5.46. The maximum absolute atomic E-state index is 6.30. The van der Waals surface area contributed by atoms with Crippen molar-refractivity contribution < 1.29 is 9.47 Å². The van der Waals surface area contributed by atoms with E-state index in [1.165, 1.54) is 22.3 Å². The van der Waals surface area contributed by atoms with Crippen LogP contribution in [-0.2, 0) is 12.8 Å². The van der Waals surface area contributed by atoms with Crippen LogP contribution in [0.2, 0.25) is 0 Å². The van der Waals surface area contributed by atoms with Crippen molar-refractivity contribution in [3.05, 3.63) is 95.1 Å². The SMILES string of the molecule is c1cc(O[C@@H]2CCc3ccccc32)cc(O[C@@H]2CCc3ccccc32)c1. The second-order valence-electron chi connectivity index (χ2n) is 7.16. The maximum Gasteiger partial charge on any atom is 0.124 e. The van der Waals surface area contributed by atoms with Gasteiger partial charge < -0.3 is 9.47 Å². The molecule has 0 aliphatic heterocycles. The molecule has 3 aromatic rings. The number of rotatable bonds is 4. The Morgan fingerprint density at radius 1 is 0.577 bits per heavy atom. The summed E-state index contributed by atoms with van der Waals surface area (Å²) in [6.45, 7) is 0. The molecule has 2 atom stereocenters. The molecule has 2 heteroatoms. The molecule has 130 valence electrons. The van der Waals surface area contributed by atoms with E-state index in [9.17, 15) is 0 Å². The molecule has 5 rings (SSSR count). The van der Waals surface area contributed by atoms with Gasteiger partial charge in [0.15, 0.2) is 0 Å². The number of fused-ring (bicyclic) bond motifs is 2. The van der Waals surface area contributed by atoms with E-state index in [0.29, 0.717) is 0 Å². The monoisotopic (exact) mass is 342 g/mol. The van der Waals surface area contributed by atoms with Gasteiger partial charge in [-0.15, -0.1) is 0 Å². The van der Waals surface area contributed by atoms with Crippen molar-refractivity contribution >= 4 is 0 Å². The van der Waals surface area contributed by atoms with Crippen molar-refractivity contribution in [1.82, 2.24) is 0 Å². The van der Waals surface area contributed by atoms with Gasteiger partial charge in [0.2, 0.25) is 0 Å². The zero-order valence-corrected chi connectivity index (χ0v) is 14.7. The van der Waals surface area contributed by atoms with Crippen molar-refractivity contribution in [1.29, 1.82) is 0 Å². The molecule has 0 amide bonds. The highest BCUT2D eigenvalue weighted by Crippen LogP contribution is 2.38. The standard InChI is InChI=1S/C24H22O2/c1-3-10-21-17(6-1)12-14-23(21)25-19-8-5-9-20(16-19)26-24-15-13-18-7-2-4-11-22(18)24/h1-11,16,23-24H,12-15H2/t23-,24-/m1/s1. The Hall–Kier alpha value is -2.74. The summed E-state index contributed by atoms with van der Waals surface area (Å²) in [5, 5.41) is 0. The van der Waals surface area contributed by atoms with Crippen LogP contribution >= 0.6 is 0 Å². The third-order valence-corrected chi connectivity index (χ3v) is 5.52. The van der Waals surface area contributed by atoms with E-state index in [1.54, 1.807) is 0 Å². The van der Waals surface area contributed by atoms with Crippen molar-refractivity contribution in [3.8, 4) is 11.5 Å². The molecule has 0 aromatic heterocycles. The molecule has 0 unspecified atom stereocenters. The molecule has 0 spiro atoms. The van der Waals surface area contributed by atoms with Gasteiger partial charge in [0.05, 0.1) is 0 Å². The molecule has 0 heterocycles. The van der Waals surface area contributed by atoms with Gasteiger partial charge in [-0.25, -0.2) is 0 Å². The second-order valence-corrected chi connectivity index (χ2v) is 7.16. The van der Waals surface area contributed by atoms with Crippen molar-refractivity contribution in [2.75, 3.05) is 0 Å². The Labute approximate surface area is 154 Å². The van der Waals surface area contributed by atoms with E-state index < -0.39 is 0 Å². The molecule has 2 aliphatic rings. The highest BCUT2D eigenvalue weighted by molar-refractivity contribution is 5.39. The van der Waals surface area contributed by atoms with Crippen LogP contribution in [0.15, 0.2) is 72.8 Å². The van der Waals surface area contributed by atoms with Crippen molar-refractivity contribution in [2.24, 2.45) is 0 Å². The van der Waals surface area contributed by atoms with Crippen LogP contribution in [0.4, 0.5) is 0 Å². The molecule has 2 nitrogen and oxygen atoms in total. The topological polar surface area (TPSA) is 18.5 Å². The summed E-state index contributed by atoms with van der Waals surface area (Å²) in [5.74, 6) is 1.77. The molecule has 3 aromatic carbocycles. The number of hydrogen-bond donors (Lipinski definition) is 0. The summed E-state index contributed by atoms with van der Waals surface area (Å²) in [6.07, 6.45) is 4.56. The molecule has 0 saturated carbocycles. The first-order valence-electron chi connectivity index (χ1n) is 9.46. The first kappa shape index (κ1) is 15.5. The first-order chi connectivity index (χ1) is 12.9. The van der Waals surface area contributed by atoms with Gasteiger partial charge in [0, 0.05) is 6.07 Å². The average molecular weight is 342 g/mol. The van der Waals surface area contributed by atoms with E-state index >= 15 is 0 Å². The Morgan fingerprint density at radius 3 is 1.62 bits per heavy atom. The maximum atomic E-state index is 6.30. The van der Waals surface area contributed by atoms with Crippen molar-refractivity contribution in [3.63, 3.8) is 0 Å². The summed E-state index contributed by atoms with van der Waals surface area (Å²) >= 11 is 0. The molecular formula is C24H22O2. The van der Waals surface area contributed by atoms with Gasteiger partial charge in [-0.1, -0.05) is 54.6 Å². The lowest BCUT2D eigenvalue weighted by molar-refractivity contribution is 0.195. The van der Waals surface area contributed by atoms with Crippen LogP contribution in [0.25, 0.3) is 0 Å². The van der Waals surface area contributed by atoms with Gasteiger partial charge in [-0.3, -0.25) is 0 Å². The lowest BCUT2D eigenvalue weighted by Gasteiger charge is -2.18. The summed E-state index contributed by atoms with van der Waals surface area (Å²) in [7, 11) is 0. The van der Waals surface area contributed by atoms with E-state index in [2.05, 4.69) is 48.5 Å². The number of ether oxygens (including phenoxy) is 2. The predicted octanol–water partition coefficient (Wildman–Crippen LogP) is 5.82. The van der Waals surface area contributed by atoms with E-state index in [4.69, 9.17) is 9.47 Å². The minimum absolute atomic E-state index is 0.147. The molecular weight excluding hydrogens is 320 g/mol. The summed E-state index contributed by atoms with van der Waals surface area (Å²) in [4.78, 5) is 0. The lowest BCUT2D eigenvalue weighted by Crippen LogP contribution is -2.05. The first-order valence-corrected chi connectivity index (χ1v) is 9.46. The average Bonchev–Trinajstić information content (AvgIpc) is 3.27. The Balaban J connectivity index is 1.33.